The van der Waals surface area contributed by atoms with Crippen molar-refractivity contribution in [1.29, 1.82) is 0 Å². The second-order valence-corrected chi connectivity index (χ2v) is 6.39. The summed E-state index contributed by atoms with van der Waals surface area (Å²) in [6, 6.07) is 9.37. The molecule has 21 heavy (non-hydrogen) atoms. The van der Waals surface area contributed by atoms with Gasteiger partial charge in [-0.15, -0.1) is 0 Å². The first-order valence-electron chi connectivity index (χ1n) is 8.04. The van der Waals surface area contributed by atoms with Gasteiger partial charge in [-0.2, -0.15) is 0 Å². The van der Waals surface area contributed by atoms with Gasteiger partial charge < -0.3 is 4.90 Å². The summed E-state index contributed by atoms with van der Waals surface area (Å²) in [6.07, 6.45) is 2.59. The Morgan fingerprint density at radius 2 is 1.81 bits per heavy atom. The van der Waals surface area contributed by atoms with Gasteiger partial charge in [0.15, 0.2) is 0 Å². The zero-order valence-electron chi connectivity index (χ0n) is 13.8. The van der Waals surface area contributed by atoms with Crippen LogP contribution in [0.4, 0.5) is 0 Å². The van der Waals surface area contributed by atoms with E-state index in [4.69, 9.17) is 0 Å². The van der Waals surface area contributed by atoms with Crippen LogP contribution >= 0.6 is 0 Å². The molecule has 1 aromatic rings. The third-order valence-electron chi connectivity index (χ3n) is 4.88. The topological polar surface area (TPSA) is 23.6 Å². The summed E-state index contributed by atoms with van der Waals surface area (Å²) in [5.74, 6) is 0.314. The number of aryl methyl sites for hydroxylation is 2. The molecular formula is C18H28N2O. The highest BCUT2D eigenvalue weighted by molar-refractivity contribution is 5.76. The molecule has 0 aliphatic carbocycles. The third-order valence-corrected chi connectivity index (χ3v) is 4.88. The van der Waals surface area contributed by atoms with Crippen molar-refractivity contribution in [2.24, 2.45) is 0 Å². The lowest BCUT2D eigenvalue weighted by Gasteiger charge is -2.43. The van der Waals surface area contributed by atoms with E-state index in [2.05, 4.69) is 61.9 Å². The molecule has 1 aliphatic rings. The molecule has 2 atom stereocenters. The lowest BCUT2D eigenvalue weighted by molar-refractivity contribution is -0.137. The highest BCUT2D eigenvalue weighted by Crippen LogP contribution is 2.17. The standard InChI is InChI=1S/C18H28N2O/c1-14-8-10-17(11-9-14)6-5-7-18(21)20-13-12-19(4)15(2)16(20)3/h8-11,15-16H,5-7,12-13H2,1-4H3. The fourth-order valence-electron chi connectivity index (χ4n) is 3.00. The Morgan fingerprint density at radius 1 is 1.14 bits per heavy atom. The fourth-order valence-corrected chi connectivity index (χ4v) is 3.00. The van der Waals surface area contributed by atoms with Gasteiger partial charge in [0.25, 0.3) is 0 Å². The Labute approximate surface area is 128 Å². The molecule has 0 aromatic heterocycles. The fraction of sp³-hybridized carbons (Fsp3) is 0.611. The molecule has 116 valence electrons. The van der Waals surface area contributed by atoms with E-state index in [1.54, 1.807) is 0 Å². The Bertz CT molecular complexity index is 469. The first-order chi connectivity index (χ1) is 9.99. The second kappa shape index (κ2) is 7.08. The number of benzene rings is 1. The summed E-state index contributed by atoms with van der Waals surface area (Å²) in [6.45, 7) is 8.32. The average Bonchev–Trinajstić information content (AvgIpc) is 2.47. The summed E-state index contributed by atoms with van der Waals surface area (Å²) < 4.78 is 0. The van der Waals surface area contributed by atoms with Gasteiger partial charge in [-0.25, -0.2) is 0 Å². The van der Waals surface area contributed by atoms with E-state index in [1.807, 2.05) is 0 Å². The molecule has 3 heteroatoms. The predicted molar refractivity (Wildman–Crippen MR) is 87.4 cm³/mol. The van der Waals surface area contributed by atoms with Crippen LogP contribution in [0, 0.1) is 6.92 Å². The summed E-state index contributed by atoms with van der Waals surface area (Å²) in [7, 11) is 2.14. The number of hydrogen-bond acceptors (Lipinski definition) is 2. The maximum absolute atomic E-state index is 12.4. The summed E-state index contributed by atoms with van der Waals surface area (Å²) >= 11 is 0. The molecule has 1 heterocycles. The Kier molecular flexibility index (Phi) is 5.40. The molecule has 2 rings (SSSR count). The number of amides is 1. The summed E-state index contributed by atoms with van der Waals surface area (Å²) in [4.78, 5) is 16.8. The number of piperazine rings is 1. The molecule has 1 aromatic carbocycles. The van der Waals surface area contributed by atoms with Crippen molar-refractivity contribution in [2.45, 2.75) is 52.1 Å². The molecule has 1 aliphatic heterocycles. The van der Waals surface area contributed by atoms with Crippen molar-refractivity contribution in [3.05, 3.63) is 35.4 Å². The smallest absolute Gasteiger partial charge is 0.222 e. The number of rotatable bonds is 4. The van der Waals surface area contributed by atoms with Crippen LogP contribution in [0.3, 0.4) is 0 Å². The average molecular weight is 288 g/mol. The van der Waals surface area contributed by atoms with Gasteiger partial charge in [-0.05, 0) is 46.2 Å². The monoisotopic (exact) mass is 288 g/mol. The van der Waals surface area contributed by atoms with Crippen molar-refractivity contribution in [3.8, 4) is 0 Å². The quantitative estimate of drug-likeness (QED) is 0.850. The van der Waals surface area contributed by atoms with Gasteiger partial charge in [0.2, 0.25) is 5.91 Å². The van der Waals surface area contributed by atoms with E-state index in [9.17, 15) is 4.79 Å². The minimum atomic E-state index is 0.314. The predicted octanol–water partition coefficient (Wildman–Crippen LogP) is 2.87. The van der Waals surface area contributed by atoms with Crippen molar-refractivity contribution >= 4 is 5.91 Å². The largest absolute Gasteiger partial charge is 0.337 e. The highest BCUT2D eigenvalue weighted by Gasteiger charge is 2.30. The second-order valence-electron chi connectivity index (χ2n) is 6.39. The Hall–Kier alpha value is -1.35. The molecule has 0 N–H and O–H groups in total. The van der Waals surface area contributed by atoms with E-state index in [0.29, 0.717) is 24.4 Å². The van der Waals surface area contributed by atoms with Gasteiger partial charge in [0.05, 0.1) is 0 Å². The van der Waals surface area contributed by atoms with Crippen molar-refractivity contribution in [2.75, 3.05) is 20.1 Å². The van der Waals surface area contributed by atoms with E-state index < -0.39 is 0 Å². The van der Waals surface area contributed by atoms with E-state index >= 15 is 0 Å². The van der Waals surface area contributed by atoms with E-state index in [1.165, 1.54) is 11.1 Å². The molecular weight excluding hydrogens is 260 g/mol. The molecule has 0 radical (unpaired) electrons. The van der Waals surface area contributed by atoms with E-state index in [0.717, 1.165) is 25.9 Å². The number of hydrogen-bond donors (Lipinski definition) is 0. The van der Waals surface area contributed by atoms with Gasteiger partial charge in [-0.3, -0.25) is 9.69 Å². The number of carbonyl (C=O) groups excluding carboxylic acids is 1. The molecule has 0 saturated carbocycles. The van der Waals surface area contributed by atoms with Crippen LogP contribution in [-0.4, -0.2) is 47.9 Å². The van der Waals surface area contributed by atoms with Gasteiger partial charge in [0, 0.05) is 31.6 Å². The minimum Gasteiger partial charge on any atom is -0.337 e. The van der Waals surface area contributed by atoms with Crippen molar-refractivity contribution < 1.29 is 4.79 Å². The molecule has 0 bridgehead atoms. The molecule has 3 nitrogen and oxygen atoms in total. The SMILES string of the molecule is Cc1ccc(CCCC(=O)N2CCN(C)C(C)C2C)cc1. The number of nitrogens with zero attached hydrogens (tertiary/aromatic N) is 2. The molecule has 0 spiro atoms. The van der Waals surface area contributed by atoms with Crippen molar-refractivity contribution in [1.82, 2.24) is 9.80 Å². The van der Waals surface area contributed by atoms with Crippen LogP contribution in [0.1, 0.15) is 37.8 Å². The highest BCUT2D eigenvalue weighted by atomic mass is 16.2. The normalized spacial score (nSPS) is 23.3. The maximum atomic E-state index is 12.4. The van der Waals surface area contributed by atoms with Crippen LogP contribution in [-0.2, 0) is 11.2 Å². The van der Waals surface area contributed by atoms with Gasteiger partial charge in [-0.1, -0.05) is 29.8 Å². The summed E-state index contributed by atoms with van der Waals surface area (Å²) in [5.41, 5.74) is 2.61. The Morgan fingerprint density at radius 3 is 2.48 bits per heavy atom. The van der Waals surface area contributed by atoms with Crippen molar-refractivity contribution in [3.63, 3.8) is 0 Å². The van der Waals surface area contributed by atoms with Gasteiger partial charge in [0.1, 0.15) is 0 Å². The van der Waals surface area contributed by atoms with E-state index in [-0.39, 0.29) is 0 Å². The van der Waals surface area contributed by atoms with Crippen LogP contribution in [0.25, 0.3) is 0 Å². The van der Waals surface area contributed by atoms with Crippen LogP contribution < -0.4 is 0 Å². The van der Waals surface area contributed by atoms with Crippen LogP contribution in [0.5, 0.6) is 0 Å². The first kappa shape index (κ1) is 16.0. The molecule has 1 amide bonds. The first-order valence-corrected chi connectivity index (χ1v) is 8.04. The van der Waals surface area contributed by atoms with Crippen LogP contribution in [0.2, 0.25) is 0 Å². The zero-order chi connectivity index (χ0) is 15.4. The lowest BCUT2D eigenvalue weighted by atomic mass is 10.0. The Balaban J connectivity index is 1.80. The third kappa shape index (κ3) is 4.07. The maximum Gasteiger partial charge on any atom is 0.222 e. The number of likely N-dealkylation sites (N-methyl/N-ethyl adjacent to an activating group) is 1. The molecule has 1 saturated heterocycles. The van der Waals surface area contributed by atoms with Crippen LogP contribution in [0.15, 0.2) is 24.3 Å². The molecule has 1 fully saturated rings. The lowest BCUT2D eigenvalue weighted by Crippen LogP contribution is -2.57. The minimum absolute atomic E-state index is 0.314. The molecule has 2 unspecified atom stereocenters. The zero-order valence-corrected chi connectivity index (χ0v) is 13.8. The summed E-state index contributed by atoms with van der Waals surface area (Å²) in [5, 5.41) is 0. The number of carbonyl (C=O) groups is 1. The van der Waals surface area contributed by atoms with Gasteiger partial charge >= 0.3 is 0 Å².